The molecule has 3 rings (SSSR count). The highest BCUT2D eigenvalue weighted by molar-refractivity contribution is 7.92. The maximum Gasteiger partial charge on any atom is 0.264 e. The van der Waals surface area contributed by atoms with E-state index in [-0.39, 0.29) is 17.1 Å². The molecule has 0 aliphatic rings. The van der Waals surface area contributed by atoms with Gasteiger partial charge in [-0.2, -0.15) is 0 Å². The summed E-state index contributed by atoms with van der Waals surface area (Å²) >= 11 is 0. The van der Waals surface area contributed by atoms with Crippen LogP contribution in [0.15, 0.2) is 71.6 Å². The van der Waals surface area contributed by atoms with E-state index < -0.39 is 28.3 Å². The Morgan fingerprint density at radius 1 is 0.944 bits per heavy atom. The second kappa shape index (κ2) is 12.3. The fourth-order valence-electron chi connectivity index (χ4n) is 3.42. The number of halogens is 1. The SMILES string of the molecule is CCOc1ccc(CNC(=O)CN(c2ccccc2F)S(=O)(=O)c2ccc(OC)cc2)cc1OCC. The Hall–Kier alpha value is -3.79. The van der Waals surface area contributed by atoms with Gasteiger partial charge >= 0.3 is 0 Å². The van der Waals surface area contributed by atoms with E-state index in [1.807, 2.05) is 13.8 Å². The van der Waals surface area contributed by atoms with Crippen LogP contribution < -0.4 is 23.8 Å². The van der Waals surface area contributed by atoms with Gasteiger partial charge in [0.05, 0.1) is 30.9 Å². The number of sulfonamides is 1. The molecule has 10 heteroatoms. The zero-order valence-electron chi connectivity index (χ0n) is 20.4. The number of rotatable bonds is 12. The Morgan fingerprint density at radius 2 is 1.61 bits per heavy atom. The van der Waals surface area contributed by atoms with Crippen LogP contribution in [-0.4, -0.2) is 41.2 Å². The molecule has 0 spiro atoms. The number of methoxy groups -OCH3 is 1. The number of hydrogen-bond acceptors (Lipinski definition) is 6. The molecular formula is C26H29FN2O6S. The van der Waals surface area contributed by atoms with E-state index in [0.717, 1.165) is 15.9 Å². The molecule has 192 valence electrons. The number of nitrogens with one attached hydrogen (secondary N) is 1. The summed E-state index contributed by atoms with van der Waals surface area (Å²) in [4.78, 5) is 12.7. The first kappa shape index (κ1) is 26.8. The van der Waals surface area contributed by atoms with Crippen LogP contribution >= 0.6 is 0 Å². The van der Waals surface area contributed by atoms with Crippen LogP contribution in [0.1, 0.15) is 19.4 Å². The van der Waals surface area contributed by atoms with Crippen molar-refractivity contribution in [2.45, 2.75) is 25.3 Å². The number of ether oxygens (including phenoxy) is 3. The second-order valence-electron chi connectivity index (χ2n) is 7.56. The topological polar surface area (TPSA) is 94.2 Å². The van der Waals surface area contributed by atoms with Gasteiger partial charge in [-0.1, -0.05) is 18.2 Å². The highest BCUT2D eigenvalue weighted by atomic mass is 32.2. The monoisotopic (exact) mass is 516 g/mol. The Labute approximate surface area is 210 Å². The van der Waals surface area contributed by atoms with E-state index in [4.69, 9.17) is 14.2 Å². The molecule has 1 amide bonds. The Kier molecular flexibility index (Phi) is 9.13. The molecular weight excluding hydrogens is 487 g/mol. The summed E-state index contributed by atoms with van der Waals surface area (Å²) < 4.78 is 58.5. The van der Waals surface area contributed by atoms with Crippen molar-refractivity contribution in [1.82, 2.24) is 5.32 Å². The minimum absolute atomic E-state index is 0.104. The van der Waals surface area contributed by atoms with E-state index in [1.54, 1.807) is 18.2 Å². The lowest BCUT2D eigenvalue weighted by Gasteiger charge is -2.24. The van der Waals surface area contributed by atoms with Gasteiger partial charge in [-0.05, 0) is 67.9 Å². The lowest BCUT2D eigenvalue weighted by atomic mass is 10.2. The third-order valence-corrected chi connectivity index (χ3v) is 6.93. The molecule has 0 radical (unpaired) electrons. The Bertz CT molecular complexity index is 1280. The number of hydrogen-bond donors (Lipinski definition) is 1. The molecule has 0 saturated heterocycles. The summed E-state index contributed by atoms with van der Waals surface area (Å²) in [6.45, 7) is 4.13. The van der Waals surface area contributed by atoms with E-state index in [0.29, 0.717) is 30.5 Å². The maximum absolute atomic E-state index is 14.6. The van der Waals surface area contributed by atoms with Crippen molar-refractivity contribution in [2.24, 2.45) is 0 Å². The number of carbonyl (C=O) groups excluding carboxylic acids is 1. The highest BCUT2D eigenvalue weighted by Crippen LogP contribution is 2.29. The maximum atomic E-state index is 14.6. The molecule has 3 aromatic rings. The van der Waals surface area contributed by atoms with Crippen LogP contribution in [0, 0.1) is 5.82 Å². The lowest BCUT2D eigenvalue weighted by molar-refractivity contribution is -0.119. The fourth-order valence-corrected chi connectivity index (χ4v) is 4.85. The van der Waals surface area contributed by atoms with E-state index in [2.05, 4.69) is 5.32 Å². The van der Waals surface area contributed by atoms with Crippen molar-refractivity contribution in [1.29, 1.82) is 0 Å². The quantitative estimate of drug-likeness (QED) is 0.389. The average Bonchev–Trinajstić information content (AvgIpc) is 2.88. The van der Waals surface area contributed by atoms with Crippen LogP contribution in [-0.2, 0) is 21.4 Å². The number of anilines is 1. The largest absolute Gasteiger partial charge is 0.497 e. The van der Waals surface area contributed by atoms with Crippen molar-refractivity contribution in [2.75, 3.05) is 31.2 Å². The Morgan fingerprint density at radius 3 is 2.25 bits per heavy atom. The molecule has 3 aromatic carbocycles. The van der Waals surface area contributed by atoms with Gasteiger partial charge in [0.15, 0.2) is 11.5 Å². The van der Waals surface area contributed by atoms with Gasteiger partial charge in [0.25, 0.3) is 10.0 Å². The summed E-state index contributed by atoms with van der Waals surface area (Å²) in [5.41, 5.74) is 0.494. The highest BCUT2D eigenvalue weighted by Gasteiger charge is 2.29. The van der Waals surface area contributed by atoms with Gasteiger partial charge in [0.2, 0.25) is 5.91 Å². The second-order valence-corrected chi connectivity index (χ2v) is 9.42. The van der Waals surface area contributed by atoms with Gasteiger partial charge in [0, 0.05) is 6.54 Å². The first-order valence-corrected chi connectivity index (χ1v) is 12.8. The van der Waals surface area contributed by atoms with Crippen molar-refractivity contribution >= 4 is 21.6 Å². The minimum atomic E-state index is -4.27. The lowest BCUT2D eigenvalue weighted by Crippen LogP contribution is -2.41. The minimum Gasteiger partial charge on any atom is -0.497 e. The smallest absolute Gasteiger partial charge is 0.264 e. The van der Waals surface area contributed by atoms with Gasteiger partial charge in [-0.15, -0.1) is 0 Å². The van der Waals surface area contributed by atoms with Crippen molar-refractivity contribution in [3.8, 4) is 17.2 Å². The molecule has 0 saturated carbocycles. The predicted octanol–water partition coefficient (Wildman–Crippen LogP) is 4.14. The van der Waals surface area contributed by atoms with Crippen LogP contribution in [0.3, 0.4) is 0 Å². The third kappa shape index (κ3) is 6.45. The van der Waals surface area contributed by atoms with Gasteiger partial charge in [0.1, 0.15) is 18.1 Å². The van der Waals surface area contributed by atoms with Gasteiger partial charge in [-0.3, -0.25) is 9.10 Å². The molecule has 0 aliphatic heterocycles. The van der Waals surface area contributed by atoms with Crippen molar-refractivity contribution < 1.29 is 31.8 Å². The standard InChI is InChI=1S/C26H29FN2O6S/c1-4-34-24-15-10-19(16-25(24)35-5-2)17-28-26(30)18-29(23-9-7-6-8-22(23)27)36(31,32)21-13-11-20(33-3)12-14-21/h6-16H,4-5,17-18H2,1-3H3,(H,28,30). The summed E-state index contributed by atoms with van der Waals surface area (Å²) in [6.07, 6.45) is 0. The van der Waals surface area contributed by atoms with Crippen LogP contribution in [0.5, 0.6) is 17.2 Å². The van der Waals surface area contributed by atoms with Gasteiger partial charge in [-0.25, -0.2) is 12.8 Å². The van der Waals surface area contributed by atoms with Crippen molar-refractivity contribution in [3.05, 3.63) is 78.1 Å². The third-order valence-electron chi connectivity index (χ3n) is 5.15. The molecule has 0 aromatic heterocycles. The predicted molar refractivity (Wildman–Crippen MR) is 135 cm³/mol. The molecule has 8 nitrogen and oxygen atoms in total. The van der Waals surface area contributed by atoms with E-state index >= 15 is 0 Å². The summed E-state index contributed by atoms with van der Waals surface area (Å²) in [7, 11) is -2.81. The van der Waals surface area contributed by atoms with Crippen molar-refractivity contribution in [3.63, 3.8) is 0 Å². The first-order valence-electron chi connectivity index (χ1n) is 11.4. The average molecular weight is 517 g/mol. The van der Waals surface area contributed by atoms with Crippen LogP contribution in [0.25, 0.3) is 0 Å². The van der Waals surface area contributed by atoms with E-state index in [1.165, 1.54) is 49.6 Å². The summed E-state index contributed by atoms with van der Waals surface area (Å²) in [5.74, 6) is 0.218. The number of benzene rings is 3. The van der Waals surface area contributed by atoms with Crippen LogP contribution in [0.4, 0.5) is 10.1 Å². The van der Waals surface area contributed by atoms with Gasteiger partial charge < -0.3 is 19.5 Å². The first-order chi connectivity index (χ1) is 17.3. The number of para-hydroxylation sites is 1. The molecule has 1 N–H and O–H groups in total. The number of amides is 1. The molecule has 36 heavy (non-hydrogen) atoms. The van der Waals surface area contributed by atoms with E-state index in [9.17, 15) is 17.6 Å². The Balaban J connectivity index is 1.82. The molecule has 0 atom stereocenters. The molecule has 0 fully saturated rings. The zero-order valence-corrected chi connectivity index (χ0v) is 21.2. The fraction of sp³-hybridized carbons (Fsp3) is 0.269. The number of carbonyl (C=O) groups is 1. The molecule has 0 unspecified atom stereocenters. The molecule has 0 bridgehead atoms. The molecule has 0 aliphatic carbocycles. The normalized spacial score (nSPS) is 11.0. The summed E-state index contributed by atoms with van der Waals surface area (Å²) in [5, 5.41) is 2.70. The zero-order chi connectivity index (χ0) is 26.1. The summed E-state index contributed by atoms with van der Waals surface area (Å²) in [6, 6.07) is 16.3. The van der Waals surface area contributed by atoms with Crippen LogP contribution in [0.2, 0.25) is 0 Å². The number of nitrogens with zero attached hydrogens (tertiary/aromatic N) is 1. The molecule has 0 heterocycles.